The van der Waals surface area contributed by atoms with Gasteiger partial charge in [0.05, 0.1) is 20.4 Å². The summed E-state index contributed by atoms with van der Waals surface area (Å²) in [4.78, 5) is 20.6. The van der Waals surface area contributed by atoms with Crippen molar-refractivity contribution in [3.05, 3.63) is 46.4 Å². The summed E-state index contributed by atoms with van der Waals surface area (Å²) in [5.41, 5.74) is 14.3. The molecule has 0 aliphatic rings. The molecule has 0 amide bonds. The van der Waals surface area contributed by atoms with E-state index in [0.29, 0.717) is 21.4 Å². The van der Waals surface area contributed by atoms with E-state index in [1.807, 2.05) is 24.3 Å². The molecule has 26 heavy (non-hydrogen) atoms. The van der Waals surface area contributed by atoms with Crippen LogP contribution in [0.3, 0.4) is 0 Å². The Morgan fingerprint density at radius 1 is 0.846 bits per heavy atom. The number of benzene rings is 2. The van der Waals surface area contributed by atoms with Crippen molar-refractivity contribution in [3.8, 4) is 0 Å². The van der Waals surface area contributed by atoms with E-state index in [9.17, 15) is 4.79 Å². The van der Waals surface area contributed by atoms with Crippen molar-refractivity contribution in [1.82, 2.24) is 9.97 Å². The van der Waals surface area contributed by atoms with Gasteiger partial charge in [-0.15, -0.1) is 22.7 Å². The van der Waals surface area contributed by atoms with E-state index in [4.69, 9.17) is 20.9 Å². The van der Waals surface area contributed by atoms with Crippen molar-refractivity contribution in [2.24, 2.45) is 0 Å². The number of nitrogens with zero attached hydrogens (tertiary/aromatic N) is 2. The van der Waals surface area contributed by atoms with Gasteiger partial charge in [-0.3, -0.25) is 0 Å². The van der Waals surface area contributed by atoms with Crippen LogP contribution >= 0.6 is 22.7 Å². The summed E-state index contributed by atoms with van der Waals surface area (Å²) in [7, 11) is 0. The normalized spacial score (nSPS) is 11.1. The molecule has 0 bridgehead atoms. The first-order chi connectivity index (χ1) is 12.6. The van der Waals surface area contributed by atoms with E-state index >= 15 is 0 Å². The minimum absolute atomic E-state index is 0.0501. The van der Waals surface area contributed by atoms with Gasteiger partial charge in [0, 0.05) is 11.4 Å². The zero-order valence-corrected chi connectivity index (χ0v) is 15.1. The van der Waals surface area contributed by atoms with Crippen LogP contribution in [0.2, 0.25) is 0 Å². The number of rotatable bonds is 4. The van der Waals surface area contributed by atoms with Gasteiger partial charge in [-0.05, 0) is 36.4 Å². The lowest BCUT2D eigenvalue weighted by Gasteiger charge is -2.02. The molecule has 2 aromatic carbocycles. The molecule has 0 aliphatic carbocycles. The lowest BCUT2D eigenvalue weighted by molar-refractivity contribution is 0.0446. The zero-order chi connectivity index (χ0) is 18.1. The summed E-state index contributed by atoms with van der Waals surface area (Å²) in [6.45, 7) is 0.100. The maximum atomic E-state index is 11.8. The second kappa shape index (κ2) is 6.77. The fraction of sp³-hybridized carbons (Fsp3) is 0.118. The summed E-state index contributed by atoms with van der Waals surface area (Å²) >= 11 is 2.89. The summed E-state index contributed by atoms with van der Waals surface area (Å²) in [5.74, 6) is 0. The molecule has 2 aromatic heterocycles. The van der Waals surface area contributed by atoms with Crippen LogP contribution in [0.4, 0.5) is 16.2 Å². The van der Waals surface area contributed by atoms with Gasteiger partial charge in [-0.1, -0.05) is 0 Å². The smallest absolute Gasteiger partial charge is 0.427 e. The number of nitrogens with two attached hydrogens (primary N) is 2. The van der Waals surface area contributed by atoms with E-state index in [0.717, 1.165) is 20.4 Å². The Morgan fingerprint density at radius 2 is 1.31 bits per heavy atom. The van der Waals surface area contributed by atoms with Crippen LogP contribution in [-0.2, 0) is 22.7 Å². The first kappa shape index (κ1) is 16.6. The summed E-state index contributed by atoms with van der Waals surface area (Å²) < 4.78 is 12.2. The Balaban J connectivity index is 1.34. The van der Waals surface area contributed by atoms with Crippen LogP contribution in [0, 0.1) is 0 Å². The maximum absolute atomic E-state index is 11.8. The van der Waals surface area contributed by atoms with Gasteiger partial charge in [0.2, 0.25) is 0 Å². The Bertz CT molecular complexity index is 1020. The third kappa shape index (κ3) is 3.53. The van der Waals surface area contributed by atoms with Crippen molar-refractivity contribution in [2.75, 3.05) is 11.5 Å². The molecule has 0 aliphatic heterocycles. The molecular weight excluding hydrogens is 372 g/mol. The predicted octanol–water partition coefficient (Wildman–Crippen LogP) is 3.92. The van der Waals surface area contributed by atoms with Gasteiger partial charge in [-0.2, -0.15) is 0 Å². The van der Waals surface area contributed by atoms with Gasteiger partial charge < -0.3 is 20.9 Å². The molecule has 4 N–H and O–H groups in total. The van der Waals surface area contributed by atoms with Crippen LogP contribution in [0.15, 0.2) is 36.4 Å². The van der Waals surface area contributed by atoms with Gasteiger partial charge in [0.15, 0.2) is 0 Å². The Kier molecular flexibility index (Phi) is 4.31. The summed E-state index contributed by atoms with van der Waals surface area (Å²) in [6, 6.07) is 11.0. The first-order valence-electron chi connectivity index (χ1n) is 7.66. The summed E-state index contributed by atoms with van der Waals surface area (Å²) in [5, 5.41) is 1.36. The third-order valence-electron chi connectivity index (χ3n) is 3.54. The van der Waals surface area contributed by atoms with E-state index in [1.54, 1.807) is 12.1 Å². The fourth-order valence-corrected chi connectivity index (χ4v) is 4.11. The second-order valence-electron chi connectivity index (χ2n) is 5.50. The zero-order valence-electron chi connectivity index (χ0n) is 13.5. The molecule has 4 aromatic rings. The van der Waals surface area contributed by atoms with E-state index in [2.05, 4.69) is 9.97 Å². The number of ether oxygens (including phenoxy) is 2. The molecule has 4 rings (SSSR count). The molecule has 0 atom stereocenters. The molecule has 0 saturated carbocycles. The van der Waals surface area contributed by atoms with Crippen LogP contribution in [-0.4, -0.2) is 16.1 Å². The molecule has 7 nitrogen and oxygen atoms in total. The maximum Gasteiger partial charge on any atom is 0.509 e. The highest BCUT2D eigenvalue weighted by Gasteiger charge is 2.11. The monoisotopic (exact) mass is 386 g/mol. The highest BCUT2D eigenvalue weighted by Crippen LogP contribution is 2.25. The second-order valence-corrected chi connectivity index (χ2v) is 7.73. The number of hydrogen-bond donors (Lipinski definition) is 2. The Morgan fingerprint density at radius 3 is 1.77 bits per heavy atom. The molecule has 0 spiro atoms. The number of aromatic nitrogens is 2. The van der Waals surface area contributed by atoms with E-state index in [1.165, 1.54) is 22.7 Å². The quantitative estimate of drug-likeness (QED) is 0.403. The van der Waals surface area contributed by atoms with Crippen molar-refractivity contribution >= 4 is 60.6 Å². The molecule has 2 heterocycles. The predicted molar refractivity (Wildman–Crippen MR) is 103 cm³/mol. The number of nitrogen functional groups attached to an aromatic ring is 2. The van der Waals surface area contributed by atoms with Crippen LogP contribution in [0.25, 0.3) is 20.4 Å². The largest absolute Gasteiger partial charge is 0.509 e. The molecular formula is C17H14N4O3S2. The number of hydrogen-bond acceptors (Lipinski definition) is 9. The lowest BCUT2D eigenvalue weighted by Crippen LogP contribution is -2.07. The van der Waals surface area contributed by atoms with Crippen molar-refractivity contribution in [3.63, 3.8) is 0 Å². The average Bonchev–Trinajstić information content (AvgIpc) is 3.20. The topological polar surface area (TPSA) is 113 Å². The van der Waals surface area contributed by atoms with Crippen molar-refractivity contribution < 1.29 is 14.3 Å². The number of anilines is 2. The van der Waals surface area contributed by atoms with Gasteiger partial charge in [-0.25, -0.2) is 14.8 Å². The number of thiazole rings is 2. The van der Waals surface area contributed by atoms with Gasteiger partial charge in [0.25, 0.3) is 0 Å². The number of fused-ring (bicyclic) bond motifs is 2. The third-order valence-corrected chi connectivity index (χ3v) is 5.56. The molecule has 9 heteroatoms. The summed E-state index contributed by atoms with van der Waals surface area (Å²) in [6.07, 6.45) is -0.762. The van der Waals surface area contributed by atoms with Crippen LogP contribution in [0.5, 0.6) is 0 Å². The molecule has 0 radical (unpaired) electrons. The standard InChI is InChI=1S/C17H14N4O3S2/c18-9-1-3-13-11(5-9)20-15(25-13)7-23-17(22)24-8-16-21-12-6-10(19)2-4-14(12)26-16/h1-6H,7-8,18-19H2. The van der Waals surface area contributed by atoms with Crippen molar-refractivity contribution in [1.29, 1.82) is 0 Å². The molecule has 0 fully saturated rings. The minimum atomic E-state index is -0.762. The first-order valence-corrected chi connectivity index (χ1v) is 9.29. The Labute approximate surface area is 156 Å². The molecule has 132 valence electrons. The minimum Gasteiger partial charge on any atom is -0.427 e. The van der Waals surface area contributed by atoms with Crippen LogP contribution in [0.1, 0.15) is 10.0 Å². The average molecular weight is 386 g/mol. The van der Waals surface area contributed by atoms with Crippen molar-refractivity contribution in [2.45, 2.75) is 13.2 Å². The number of carbonyl (C=O) groups is 1. The SMILES string of the molecule is Nc1ccc2sc(COC(=O)OCc3nc4cc(N)ccc4s3)nc2c1. The van der Waals surface area contributed by atoms with E-state index in [-0.39, 0.29) is 13.2 Å². The van der Waals surface area contributed by atoms with Gasteiger partial charge >= 0.3 is 6.16 Å². The number of carbonyl (C=O) groups excluding carboxylic acids is 1. The van der Waals surface area contributed by atoms with E-state index < -0.39 is 6.16 Å². The Hall–Kier alpha value is -2.91. The highest BCUT2D eigenvalue weighted by atomic mass is 32.1. The molecule has 0 saturated heterocycles. The highest BCUT2D eigenvalue weighted by molar-refractivity contribution is 7.18. The lowest BCUT2D eigenvalue weighted by atomic mass is 10.3. The fourth-order valence-electron chi connectivity index (χ4n) is 2.39. The van der Waals surface area contributed by atoms with Crippen LogP contribution < -0.4 is 11.5 Å². The van der Waals surface area contributed by atoms with Gasteiger partial charge in [0.1, 0.15) is 23.2 Å². The molecule has 0 unspecified atom stereocenters.